The number of rotatable bonds is 7. The first kappa shape index (κ1) is 27.3. The second-order valence-corrected chi connectivity index (χ2v) is 9.94. The predicted octanol–water partition coefficient (Wildman–Crippen LogP) is 6.71. The molecule has 192 valence electrons. The SMILES string of the molecule is CC(C)N(Cc1cccc(OS(=O)(=O)c2cccc(C(F)(F)F)c2)c1)C(=O)Nc1ccc(F)c(Cl)c1. The molecule has 3 rings (SSSR count). The van der Waals surface area contributed by atoms with Crippen molar-refractivity contribution in [2.75, 3.05) is 5.32 Å². The first-order valence-electron chi connectivity index (χ1n) is 10.5. The molecule has 0 saturated heterocycles. The standard InChI is InChI=1S/C24H21ClF4N2O4S/c1-15(2)31(23(32)30-18-9-10-22(26)21(25)13-18)14-16-5-3-7-19(11-16)35-36(33,34)20-8-4-6-17(12-20)24(27,28)29/h3-13,15H,14H2,1-2H3,(H,30,32). The summed E-state index contributed by atoms with van der Waals surface area (Å²) in [5.74, 6) is -0.772. The molecule has 3 aromatic carbocycles. The summed E-state index contributed by atoms with van der Waals surface area (Å²) < 4.78 is 82.5. The molecule has 12 heteroatoms. The summed E-state index contributed by atoms with van der Waals surface area (Å²) in [4.78, 5) is 13.6. The number of nitrogens with zero attached hydrogens (tertiary/aromatic N) is 1. The molecule has 0 unspecified atom stereocenters. The van der Waals surface area contributed by atoms with E-state index >= 15 is 0 Å². The van der Waals surface area contributed by atoms with Crippen molar-refractivity contribution in [3.8, 4) is 5.75 Å². The fourth-order valence-electron chi connectivity index (χ4n) is 3.15. The molecule has 6 nitrogen and oxygen atoms in total. The lowest BCUT2D eigenvalue weighted by Gasteiger charge is -2.27. The van der Waals surface area contributed by atoms with E-state index in [4.69, 9.17) is 15.8 Å². The van der Waals surface area contributed by atoms with E-state index in [2.05, 4.69) is 5.32 Å². The number of carbonyl (C=O) groups excluding carboxylic acids is 1. The Kier molecular flexibility index (Phi) is 8.15. The summed E-state index contributed by atoms with van der Waals surface area (Å²) in [6.07, 6.45) is -4.72. The third kappa shape index (κ3) is 6.88. The lowest BCUT2D eigenvalue weighted by Crippen LogP contribution is -2.39. The van der Waals surface area contributed by atoms with Crippen LogP contribution in [0, 0.1) is 5.82 Å². The molecular formula is C24H21ClF4N2O4S. The second kappa shape index (κ2) is 10.8. The Balaban J connectivity index is 1.78. The van der Waals surface area contributed by atoms with Crippen molar-refractivity contribution in [3.05, 3.63) is 88.7 Å². The number of alkyl halides is 3. The molecule has 1 N–H and O–H groups in total. The van der Waals surface area contributed by atoms with Crippen molar-refractivity contribution in [1.29, 1.82) is 0 Å². The van der Waals surface area contributed by atoms with Gasteiger partial charge in [0.25, 0.3) is 0 Å². The van der Waals surface area contributed by atoms with E-state index in [0.717, 1.165) is 24.3 Å². The summed E-state index contributed by atoms with van der Waals surface area (Å²) in [6.45, 7) is 3.56. The van der Waals surface area contributed by atoms with Gasteiger partial charge in [-0.15, -0.1) is 0 Å². The van der Waals surface area contributed by atoms with Gasteiger partial charge in [-0.2, -0.15) is 21.6 Å². The minimum atomic E-state index is -4.72. The number of urea groups is 1. The fraction of sp³-hybridized carbons (Fsp3) is 0.208. The molecule has 36 heavy (non-hydrogen) atoms. The zero-order valence-electron chi connectivity index (χ0n) is 19.0. The molecule has 0 saturated carbocycles. The van der Waals surface area contributed by atoms with E-state index in [1.54, 1.807) is 19.9 Å². The molecule has 3 aromatic rings. The van der Waals surface area contributed by atoms with E-state index in [1.807, 2.05) is 0 Å². The largest absolute Gasteiger partial charge is 0.416 e. The molecule has 0 aromatic heterocycles. The van der Waals surface area contributed by atoms with Crippen LogP contribution < -0.4 is 9.50 Å². The maximum absolute atomic E-state index is 13.4. The Morgan fingerprint density at radius 3 is 2.39 bits per heavy atom. The Bertz CT molecular complexity index is 1360. The van der Waals surface area contributed by atoms with Crippen LogP contribution in [0.2, 0.25) is 5.02 Å². The molecule has 2 amide bonds. The Morgan fingerprint density at radius 1 is 1.06 bits per heavy atom. The van der Waals surface area contributed by atoms with E-state index in [9.17, 15) is 30.8 Å². The van der Waals surface area contributed by atoms with Crippen molar-refractivity contribution in [1.82, 2.24) is 4.90 Å². The van der Waals surface area contributed by atoms with E-state index in [0.29, 0.717) is 11.6 Å². The highest BCUT2D eigenvalue weighted by atomic mass is 35.5. The second-order valence-electron chi connectivity index (χ2n) is 7.99. The highest BCUT2D eigenvalue weighted by Crippen LogP contribution is 2.31. The highest BCUT2D eigenvalue weighted by Gasteiger charge is 2.32. The van der Waals surface area contributed by atoms with Gasteiger partial charge < -0.3 is 14.4 Å². The molecule has 0 atom stereocenters. The maximum atomic E-state index is 13.4. The van der Waals surface area contributed by atoms with E-state index < -0.39 is 38.6 Å². The van der Waals surface area contributed by atoms with Gasteiger partial charge >= 0.3 is 22.3 Å². The van der Waals surface area contributed by atoms with Crippen LogP contribution in [0.3, 0.4) is 0 Å². The van der Waals surface area contributed by atoms with Gasteiger partial charge in [0.1, 0.15) is 16.5 Å². The summed E-state index contributed by atoms with van der Waals surface area (Å²) in [7, 11) is -4.56. The topological polar surface area (TPSA) is 75.7 Å². The Hall–Kier alpha value is -3.31. The average molecular weight is 545 g/mol. The molecule has 0 aliphatic heterocycles. The summed E-state index contributed by atoms with van der Waals surface area (Å²) in [6, 6.07) is 11.9. The van der Waals surface area contributed by atoms with E-state index in [1.165, 1.54) is 35.2 Å². The van der Waals surface area contributed by atoms with Crippen LogP contribution in [0.1, 0.15) is 25.0 Å². The molecule has 0 spiro atoms. The zero-order chi connectivity index (χ0) is 26.7. The van der Waals surface area contributed by atoms with Crippen LogP contribution in [0.5, 0.6) is 5.75 Å². The highest BCUT2D eigenvalue weighted by molar-refractivity contribution is 7.87. The Morgan fingerprint density at radius 2 is 1.75 bits per heavy atom. The van der Waals surface area contributed by atoms with Gasteiger partial charge in [0.05, 0.1) is 10.6 Å². The molecule has 0 bridgehead atoms. The lowest BCUT2D eigenvalue weighted by molar-refractivity contribution is -0.137. The van der Waals surface area contributed by atoms with E-state index in [-0.39, 0.29) is 29.0 Å². The van der Waals surface area contributed by atoms with Gasteiger partial charge in [-0.05, 0) is 67.9 Å². The fourth-order valence-corrected chi connectivity index (χ4v) is 4.30. The van der Waals surface area contributed by atoms with Crippen LogP contribution >= 0.6 is 11.6 Å². The van der Waals surface area contributed by atoms with Gasteiger partial charge in [0, 0.05) is 18.3 Å². The number of hydrogen-bond acceptors (Lipinski definition) is 4. The first-order valence-corrected chi connectivity index (χ1v) is 12.3. The predicted molar refractivity (Wildman–Crippen MR) is 127 cm³/mol. The van der Waals surface area contributed by atoms with Crippen LogP contribution in [-0.4, -0.2) is 25.4 Å². The zero-order valence-corrected chi connectivity index (χ0v) is 20.6. The lowest BCUT2D eigenvalue weighted by atomic mass is 10.2. The molecule has 0 fully saturated rings. The van der Waals surface area contributed by atoms with Crippen LogP contribution in [0.25, 0.3) is 0 Å². The smallest absolute Gasteiger partial charge is 0.379 e. The maximum Gasteiger partial charge on any atom is 0.416 e. The average Bonchev–Trinajstić information content (AvgIpc) is 2.79. The van der Waals surface area contributed by atoms with Gasteiger partial charge in [-0.25, -0.2) is 9.18 Å². The number of carbonyl (C=O) groups is 1. The number of nitrogens with one attached hydrogen (secondary N) is 1. The number of halogens is 5. The molecule has 0 heterocycles. The number of hydrogen-bond donors (Lipinski definition) is 1. The van der Waals surface area contributed by atoms with Crippen molar-refractivity contribution in [3.63, 3.8) is 0 Å². The molecular weight excluding hydrogens is 524 g/mol. The summed E-state index contributed by atoms with van der Waals surface area (Å²) in [5.41, 5.74) is -0.351. The van der Waals surface area contributed by atoms with Crippen LogP contribution in [0.15, 0.2) is 71.6 Å². The number of benzene rings is 3. The Labute approximate surface area is 210 Å². The normalized spacial score (nSPS) is 11.9. The van der Waals surface area contributed by atoms with Crippen molar-refractivity contribution in [2.24, 2.45) is 0 Å². The monoisotopic (exact) mass is 544 g/mol. The minimum Gasteiger partial charge on any atom is -0.379 e. The molecule has 0 aliphatic carbocycles. The summed E-state index contributed by atoms with van der Waals surface area (Å²) >= 11 is 5.76. The third-order valence-electron chi connectivity index (χ3n) is 4.96. The quantitative estimate of drug-likeness (QED) is 0.265. The van der Waals surface area contributed by atoms with Crippen molar-refractivity contribution >= 4 is 33.4 Å². The van der Waals surface area contributed by atoms with Gasteiger partial charge in [-0.1, -0.05) is 29.8 Å². The van der Waals surface area contributed by atoms with Crippen molar-refractivity contribution in [2.45, 2.75) is 37.5 Å². The molecule has 0 aliphatic rings. The number of anilines is 1. The summed E-state index contributed by atoms with van der Waals surface area (Å²) in [5, 5.41) is 2.46. The van der Waals surface area contributed by atoms with Gasteiger partial charge in [-0.3, -0.25) is 0 Å². The third-order valence-corrected chi connectivity index (χ3v) is 6.50. The molecule has 0 radical (unpaired) electrons. The number of amides is 2. The van der Waals surface area contributed by atoms with Crippen LogP contribution in [0.4, 0.5) is 28.0 Å². The minimum absolute atomic E-state index is 0.0409. The van der Waals surface area contributed by atoms with Crippen LogP contribution in [-0.2, 0) is 22.8 Å². The van der Waals surface area contributed by atoms with Gasteiger partial charge in [0.2, 0.25) is 0 Å². The first-order chi connectivity index (χ1) is 16.8. The van der Waals surface area contributed by atoms with Crippen molar-refractivity contribution < 1.29 is 35.0 Å². The van der Waals surface area contributed by atoms with Gasteiger partial charge in [0.15, 0.2) is 0 Å².